The minimum Gasteiger partial charge on any atom is -0.423 e. The number of aromatic nitrogens is 1. The van der Waals surface area contributed by atoms with Gasteiger partial charge in [-0.25, -0.2) is 0 Å². The molecule has 4 N–H and O–H groups in total. The molecule has 0 bridgehead atoms. The number of anilines is 1. The summed E-state index contributed by atoms with van der Waals surface area (Å²) < 4.78 is 5.68. The maximum Gasteiger partial charge on any atom is 0.302 e. The Bertz CT molecular complexity index is 968. The first-order valence-corrected chi connectivity index (χ1v) is 10.5. The number of hydrogen-bond donors (Lipinski definition) is 3. The van der Waals surface area contributed by atoms with Crippen LogP contribution in [0.1, 0.15) is 50.7 Å². The highest BCUT2D eigenvalue weighted by Gasteiger charge is 2.23. The van der Waals surface area contributed by atoms with Crippen LogP contribution in [-0.2, 0) is 11.2 Å². The van der Waals surface area contributed by atoms with E-state index in [1.54, 1.807) is 0 Å². The summed E-state index contributed by atoms with van der Waals surface area (Å²) in [6.45, 7) is 5.76. The number of carbonyl (C=O) groups is 1. The van der Waals surface area contributed by atoms with Crippen LogP contribution >= 0.6 is 0 Å². The zero-order chi connectivity index (χ0) is 21.7. The van der Waals surface area contributed by atoms with Gasteiger partial charge in [0.15, 0.2) is 5.58 Å². The van der Waals surface area contributed by atoms with Crippen LogP contribution in [0.5, 0.6) is 0 Å². The average molecular weight is 410 g/mol. The van der Waals surface area contributed by atoms with E-state index in [1.165, 1.54) is 6.92 Å². The van der Waals surface area contributed by atoms with E-state index in [2.05, 4.69) is 24.1 Å². The molecule has 3 rings (SSSR count). The van der Waals surface area contributed by atoms with Gasteiger partial charge in [-0.15, -0.1) is 0 Å². The van der Waals surface area contributed by atoms with Crippen molar-refractivity contribution in [3.8, 4) is 0 Å². The van der Waals surface area contributed by atoms with Gasteiger partial charge in [-0.05, 0) is 54.4 Å². The predicted octanol–water partition coefficient (Wildman–Crippen LogP) is 4.24. The Hall–Kier alpha value is -2.70. The van der Waals surface area contributed by atoms with Crippen LogP contribution in [0.15, 0.2) is 52.9 Å². The van der Waals surface area contributed by atoms with Crippen LogP contribution in [0, 0.1) is 5.92 Å². The molecule has 6 nitrogen and oxygen atoms in total. The summed E-state index contributed by atoms with van der Waals surface area (Å²) in [5, 5.41) is 13.4. The SMILES string of the molecule is CC(=O)Nc1nc2ccc(C(CC(C)C)C[C@@H](O)[C@@H](N)Cc3ccccc3)cc2o1. The Morgan fingerprint density at radius 3 is 2.57 bits per heavy atom. The molecule has 1 heterocycles. The monoisotopic (exact) mass is 409 g/mol. The number of nitrogens with two attached hydrogens (primary N) is 1. The molecule has 1 unspecified atom stereocenters. The molecule has 30 heavy (non-hydrogen) atoms. The number of nitrogens with one attached hydrogen (secondary N) is 1. The maximum absolute atomic E-state index is 11.3. The second-order valence-corrected chi connectivity index (χ2v) is 8.41. The van der Waals surface area contributed by atoms with Gasteiger partial charge in [-0.1, -0.05) is 50.2 Å². The second-order valence-electron chi connectivity index (χ2n) is 8.41. The van der Waals surface area contributed by atoms with Crippen LogP contribution in [0.25, 0.3) is 11.1 Å². The van der Waals surface area contributed by atoms with E-state index in [1.807, 2.05) is 48.5 Å². The van der Waals surface area contributed by atoms with E-state index in [0.29, 0.717) is 29.9 Å². The molecule has 1 aromatic heterocycles. The number of nitrogens with zero attached hydrogens (tertiary/aromatic N) is 1. The van der Waals surface area contributed by atoms with E-state index in [-0.39, 0.29) is 23.9 Å². The first kappa shape index (κ1) is 22.0. The number of aliphatic hydroxyl groups is 1. The topological polar surface area (TPSA) is 101 Å². The number of rotatable bonds is 9. The zero-order valence-corrected chi connectivity index (χ0v) is 17.8. The first-order valence-electron chi connectivity index (χ1n) is 10.5. The zero-order valence-electron chi connectivity index (χ0n) is 17.8. The third-order valence-electron chi connectivity index (χ3n) is 5.26. The van der Waals surface area contributed by atoms with Crippen molar-refractivity contribution in [2.45, 2.75) is 58.1 Å². The van der Waals surface area contributed by atoms with Crippen molar-refractivity contribution in [3.05, 3.63) is 59.7 Å². The fourth-order valence-corrected chi connectivity index (χ4v) is 3.83. The van der Waals surface area contributed by atoms with Gasteiger partial charge < -0.3 is 15.3 Å². The molecular weight excluding hydrogens is 378 g/mol. The molecule has 0 aliphatic heterocycles. The summed E-state index contributed by atoms with van der Waals surface area (Å²) in [4.78, 5) is 15.5. The van der Waals surface area contributed by atoms with Crippen LogP contribution in [-0.4, -0.2) is 28.1 Å². The number of amides is 1. The minimum absolute atomic E-state index is 0.139. The van der Waals surface area contributed by atoms with E-state index in [0.717, 1.165) is 17.5 Å². The smallest absolute Gasteiger partial charge is 0.302 e. The van der Waals surface area contributed by atoms with E-state index in [9.17, 15) is 9.90 Å². The summed E-state index contributed by atoms with van der Waals surface area (Å²) in [6.07, 6.45) is 1.52. The van der Waals surface area contributed by atoms with Crippen molar-refractivity contribution < 1.29 is 14.3 Å². The number of oxazole rings is 1. The van der Waals surface area contributed by atoms with Crippen LogP contribution in [0.4, 0.5) is 6.01 Å². The molecular formula is C24H31N3O3. The van der Waals surface area contributed by atoms with Gasteiger partial charge in [0.05, 0.1) is 6.10 Å². The van der Waals surface area contributed by atoms with Crippen molar-refractivity contribution in [3.63, 3.8) is 0 Å². The molecule has 0 saturated carbocycles. The van der Waals surface area contributed by atoms with Crippen molar-refractivity contribution in [1.29, 1.82) is 0 Å². The maximum atomic E-state index is 11.3. The van der Waals surface area contributed by atoms with Gasteiger partial charge in [-0.3, -0.25) is 10.1 Å². The van der Waals surface area contributed by atoms with E-state index >= 15 is 0 Å². The molecule has 0 aliphatic rings. The molecule has 0 aliphatic carbocycles. The highest BCUT2D eigenvalue weighted by Crippen LogP contribution is 2.32. The molecule has 0 radical (unpaired) electrons. The van der Waals surface area contributed by atoms with Gasteiger partial charge in [0.2, 0.25) is 5.91 Å². The van der Waals surface area contributed by atoms with Gasteiger partial charge in [-0.2, -0.15) is 4.98 Å². The van der Waals surface area contributed by atoms with Crippen LogP contribution < -0.4 is 11.1 Å². The molecule has 1 amide bonds. The predicted molar refractivity (Wildman–Crippen MR) is 119 cm³/mol. The lowest BCUT2D eigenvalue weighted by molar-refractivity contribution is -0.114. The molecule has 160 valence electrons. The summed E-state index contributed by atoms with van der Waals surface area (Å²) in [5.74, 6) is 0.378. The third-order valence-corrected chi connectivity index (χ3v) is 5.26. The molecule has 0 saturated heterocycles. The summed E-state index contributed by atoms with van der Waals surface area (Å²) in [6, 6.07) is 15.7. The van der Waals surface area contributed by atoms with Gasteiger partial charge in [0, 0.05) is 13.0 Å². The molecule has 3 aromatic rings. The van der Waals surface area contributed by atoms with E-state index in [4.69, 9.17) is 10.2 Å². The van der Waals surface area contributed by atoms with E-state index < -0.39 is 6.10 Å². The largest absolute Gasteiger partial charge is 0.423 e. The third kappa shape index (κ3) is 5.90. The van der Waals surface area contributed by atoms with Crippen LogP contribution in [0.2, 0.25) is 0 Å². The number of benzene rings is 2. The van der Waals surface area contributed by atoms with Gasteiger partial charge >= 0.3 is 6.01 Å². The fourth-order valence-electron chi connectivity index (χ4n) is 3.83. The van der Waals surface area contributed by atoms with Crippen LogP contribution in [0.3, 0.4) is 0 Å². The summed E-state index contributed by atoms with van der Waals surface area (Å²) in [5.41, 5.74) is 9.83. The van der Waals surface area contributed by atoms with Crippen molar-refractivity contribution in [2.24, 2.45) is 11.7 Å². The van der Waals surface area contributed by atoms with Gasteiger partial charge in [0.25, 0.3) is 0 Å². The molecule has 3 atom stereocenters. The Balaban J connectivity index is 1.76. The standard InChI is InChI=1S/C24H31N3O3/c1-15(2)11-19(13-22(29)20(25)12-17-7-5-4-6-8-17)18-9-10-21-23(14-18)30-24(27-21)26-16(3)28/h4-10,14-15,19-20,22,29H,11-13,25H2,1-3H3,(H,26,27,28)/t19?,20-,22+/m0/s1. The number of aliphatic hydroxyl groups excluding tert-OH is 1. The van der Waals surface area contributed by atoms with Crippen molar-refractivity contribution in [2.75, 3.05) is 5.32 Å². The summed E-state index contributed by atoms with van der Waals surface area (Å²) in [7, 11) is 0. The number of carbonyl (C=O) groups excluding carboxylic acids is 1. The quantitative estimate of drug-likeness (QED) is 0.491. The van der Waals surface area contributed by atoms with Gasteiger partial charge in [0.1, 0.15) is 5.52 Å². The highest BCUT2D eigenvalue weighted by atomic mass is 16.4. The highest BCUT2D eigenvalue weighted by molar-refractivity contribution is 5.88. The number of hydrogen-bond acceptors (Lipinski definition) is 5. The lowest BCUT2D eigenvalue weighted by Crippen LogP contribution is -2.37. The Kier molecular flexibility index (Phi) is 7.24. The first-order chi connectivity index (χ1) is 14.3. The molecule has 6 heteroatoms. The van der Waals surface area contributed by atoms with Crippen molar-refractivity contribution >= 4 is 23.0 Å². The fraction of sp³-hybridized carbons (Fsp3) is 0.417. The Morgan fingerprint density at radius 2 is 1.90 bits per heavy atom. The number of fused-ring (bicyclic) bond motifs is 1. The average Bonchev–Trinajstić information content (AvgIpc) is 3.08. The molecule has 2 aromatic carbocycles. The lowest BCUT2D eigenvalue weighted by Gasteiger charge is -2.26. The Labute approximate surface area is 177 Å². The molecule has 0 fully saturated rings. The summed E-state index contributed by atoms with van der Waals surface area (Å²) >= 11 is 0. The molecule has 0 spiro atoms. The Morgan fingerprint density at radius 1 is 1.17 bits per heavy atom. The lowest BCUT2D eigenvalue weighted by atomic mass is 9.84. The normalized spacial score (nSPS) is 14.6. The van der Waals surface area contributed by atoms with Crippen molar-refractivity contribution in [1.82, 2.24) is 4.98 Å². The minimum atomic E-state index is -0.616. The second kappa shape index (κ2) is 9.87.